The van der Waals surface area contributed by atoms with E-state index in [-0.39, 0.29) is 12.0 Å². The highest BCUT2D eigenvalue weighted by Gasteiger charge is 2.27. The second-order valence-electron chi connectivity index (χ2n) is 4.96. The molecule has 0 spiro atoms. The van der Waals surface area contributed by atoms with Gasteiger partial charge in [0.2, 0.25) is 5.91 Å². The van der Waals surface area contributed by atoms with Crippen LogP contribution >= 0.6 is 0 Å². The predicted octanol–water partition coefficient (Wildman–Crippen LogP) is 2.51. The van der Waals surface area contributed by atoms with Crippen molar-refractivity contribution >= 4 is 11.8 Å². The van der Waals surface area contributed by atoms with Crippen molar-refractivity contribution in [3.05, 3.63) is 59.8 Å². The van der Waals surface area contributed by atoms with Crippen LogP contribution in [-0.4, -0.2) is 11.8 Å². The van der Waals surface area contributed by atoms with E-state index in [2.05, 4.69) is 5.32 Å². The first-order valence-corrected chi connectivity index (χ1v) is 6.97. The number of nitrogens with zero attached hydrogens (tertiary/aromatic N) is 2. The number of hydrogen-bond acceptors (Lipinski definition) is 5. The van der Waals surface area contributed by atoms with Crippen LogP contribution in [0.2, 0.25) is 0 Å². The van der Waals surface area contributed by atoms with Crippen molar-refractivity contribution in [3.8, 4) is 12.1 Å². The maximum atomic E-state index is 13.5. The predicted molar refractivity (Wildman–Crippen MR) is 79.7 cm³/mol. The molecule has 2 aromatic rings. The summed E-state index contributed by atoms with van der Waals surface area (Å²) in [6, 6.07) is 10.4. The van der Waals surface area contributed by atoms with Crippen molar-refractivity contribution in [1.82, 2.24) is 5.32 Å². The highest BCUT2D eigenvalue weighted by Crippen LogP contribution is 2.28. The highest BCUT2D eigenvalue weighted by atomic mass is 19.1. The number of carbonyl (C=O) groups is 2. The Morgan fingerprint density at radius 2 is 1.92 bits per heavy atom. The van der Waals surface area contributed by atoms with Gasteiger partial charge in [0.05, 0.1) is 30.2 Å². The molecule has 2 amide bonds. The lowest BCUT2D eigenvalue weighted by Gasteiger charge is -2.15. The fourth-order valence-electron chi connectivity index (χ4n) is 2.21. The first-order valence-electron chi connectivity index (χ1n) is 6.97. The number of imide groups is 1. The van der Waals surface area contributed by atoms with Gasteiger partial charge in [-0.3, -0.25) is 14.9 Å². The third kappa shape index (κ3) is 3.84. The van der Waals surface area contributed by atoms with E-state index < -0.39 is 29.5 Å². The number of carbonyl (C=O) groups excluding carboxylic acids is 2. The molecule has 0 radical (unpaired) electrons. The summed E-state index contributed by atoms with van der Waals surface area (Å²) in [5.74, 6) is -4.19. The molecule has 1 N–H and O–H groups in total. The van der Waals surface area contributed by atoms with Gasteiger partial charge < -0.3 is 4.42 Å². The zero-order valence-corrected chi connectivity index (χ0v) is 12.4. The summed E-state index contributed by atoms with van der Waals surface area (Å²) < 4.78 is 18.5. The number of halogens is 1. The molecule has 1 heterocycles. The molecule has 0 saturated carbocycles. The van der Waals surface area contributed by atoms with Gasteiger partial charge in [-0.2, -0.15) is 10.5 Å². The van der Waals surface area contributed by atoms with Gasteiger partial charge in [0.15, 0.2) is 0 Å². The van der Waals surface area contributed by atoms with Crippen molar-refractivity contribution in [2.45, 2.75) is 12.3 Å². The van der Waals surface area contributed by atoms with E-state index in [1.165, 1.54) is 36.8 Å². The molecule has 0 fully saturated rings. The third-order valence-electron chi connectivity index (χ3n) is 3.43. The molecule has 0 bridgehead atoms. The maximum Gasteiger partial charge on any atom is 0.260 e. The summed E-state index contributed by atoms with van der Waals surface area (Å²) in [7, 11) is 0. The number of amides is 2. The summed E-state index contributed by atoms with van der Waals surface area (Å²) in [6.45, 7) is 0. The molecule has 120 valence electrons. The minimum absolute atomic E-state index is 0.261. The minimum atomic E-state index is -1.09. The van der Waals surface area contributed by atoms with Crippen LogP contribution in [0.4, 0.5) is 4.39 Å². The molecule has 7 heteroatoms. The smallest absolute Gasteiger partial charge is 0.260 e. The Morgan fingerprint density at radius 1 is 1.21 bits per heavy atom. The van der Waals surface area contributed by atoms with Crippen LogP contribution in [-0.2, 0) is 4.79 Å². The molecule has 24 heavy (non-hydrogen) atoms. The van der Waals surface area contributed by atoms with Gasteiger partial charge in [-0.1, -0.05) is 12.1 Å². The zero-order chi connectivity index (χ0) is 17.5. The van der Waals surface area contributed by atoms with E-state index in [1.807, 2.05) is 12.1 Å². The second-order valence-corrected chi connectivity index (χ2v) is 4.96. The highest BCUT2D eigenvalue weighted by molar-refractivity contribution is 6.04. The quantitative estimate of drug-likeness (QED) is 0.909. The first kappa shape index (κ1) is 16.9. The Balaban J connectivity index is 2.12. The lowest BCUT2D eigenvalue weighted by atomic mass is 9.86. The van der Waals surface area contributed by atoms with Gasteiger partial charge in [-0.25, -0.2) is 4.39 Å². The Bertz CT molecular complexity index is 804. The Morgan fingerprint density at radius 3 is 2.50 bits per heavy atom. The van der Waals surface area contributed by atoms with Crippen molar-refractivity contribution in [1.29, 1.82) is 10.5 Å². The first-order chi connectivity index (χ1) is 11.6. The van der Waals surface area contributed by atoms with Gasteiger partial charge in [0.25, 0.3) is 5.91 Å². The number of benzene rings is 1. The molecular formula is C17H12FN3O3. The van der Waals surface area contributed by atoms with Crippen LogP contribution < -0.4 is 5.32 Å². The Labute approximate surface area is 137 Å². The molecule has 2 rings (SSSR count). The van der Waals surface area contributed by atoms with Crippen molar-refractivity contribution in [2.24, 2.45) is 5.92 Å². The topological polar surface area (TPSA) is 107 Å². The van der Waals surface area contributed by atoms with Gasteiger partial charge >= 0.3 is 0 Å². The average molecular weight is 325 g/mol. The van der Waals surface area contributed by atoms with Crippen LogP contribution in [0.15, 0.2) is 47.3 Å². The Hall–Kier alpha value is -3.45. The van der Waals surface area contributed by atoms with Crippen LogP contribution in [0.3, 0.4) is 0 Å². The SMILES string of the molecule is N#CC(C#N)[C@@H](CC(=O)NC(=O)c1ccccc1F)c1ccoc1. The Kier molecular flexibility index (Phi) is 5.43. The molecule has 0 aliphatic rings. The van der Waals surface area contributed by atoms with Gasteiger partial charge in [0, 0.05) is 12.3 Å². The largest absolute Gasteiger partial charge is 0.472 e. The summed E-state index contributed by atoms with van der Waals surface area (Å²) in [6.07, 6.45) is 2.40. The number of nitriles is 2. The maximum absolute atomic E-state index is 13.5. The van der Waals surface area contributed by atoms with E-state index in [9.17, 15) is 14.0 Å². The van der Waals surface area contributed by atoms with Crippen LogP contribution in [0, 0.1) is 34.4 Å². The van der Waals surface area contributed by atoms with Crippen LogP contribution in [0.1, 0.15) is 28.3 Å². The minimum Gasteiger partial charge on any atom is -0.472 e. The fourth-order valence-corrected chi connectivity index (χ4v) is 2.21. The molecule has 1 aromatic heterocycles. The molecule has 0 saturated heterocycles. The van der Waals surface area contributed by atoms with E-state index in [4.69, 9.17) is 14.9 Å². The van der Waals surface area contributed by atoms with Gasteiger partial charge in [0.1, 0.15) is 11.7 Å². The molecule has 0 aliphatic carbocycles. The molecule has 0 unspecified atom stereocenters. The van der Waals surface area contributed by atoms with Gasteiger partial charge in [-0.05, 0) is 23.8 Å². The van der Waals surface area contributed by atoms with Crippen molar-refractivity contribution < 1.29 is 18.4 Å². The molecule has 6 nitrogen and oxygen atoms in total. The summed E-state index contributed by atoms with van der Waals surface area (Å²) in [5.41, 5.74) is 0.236. The van der Waals surface area contributed by atoms with Crippen molar-refractivity contribution in [2.75, 3.05) is 0 Å². The zero-order valence-electron chi connectivity index (χ0n) is 12.4. The lowest BCUT2D eigenvalue weighted by Crippen LogP contribution is -2.32. The van der Waals surface area contributed by atoms with E-state index in [1.54, 1.807) is 0 Å². The normalized spacial score (nSPS) is 11.3. The number of nitrogens with one attached hydrogen (secondary N) is 1. The molecular weight excluding hydrogens is 313 g/mol. The number of rotatable bonds is 5. The average Bonchev–Trinajstić information content (AvgIpc) is 3.09. The number of furan rings is 1. The molecule has 1 atom stereocenters. The van der Waals surface area contributed by atoms with E-state index >= 15 is 0 Å². The van der Waals surface area contributed by atoms with E-state index in [0.717, 1.165) is 6.07 Å². The summed E-state index contributed by atoms with van der Waals surface area (Å²) >= 11 is 0. The summed E-state index contributed by atoms with van der Waals surface area (Å²) in [4.78, 5) is 24.0. The lowest BCUT2D eigenvalue weighted by molar-refractivity contribution is -0.120. The van der Waals surface area contributed by atoms with E-state index in [0.29, 0.717) is 5.56 Å². The molecule has 0 aliphatic heterocycles. The van der Waals surface area contributed by atoms with Crippen LogP contribution in [0.5, 0.6) is 0 Å². The monoisotopic (exact) mass is 325 g/mol. The standard InChI is InChI=1S/C17H12FN3O3/c18-15-4-2-1-3-13(15)17(23)21-16(22)7-14(12(8-19)9-20)11-5-6-24-10-11/h1-6,10,12,14H,7H2,(H,21,22,23)/t14-/m0/s1. The molecule has 1 aromatic carbocycles. The fraction of sp³-hybridized carbons (Fsp3) is 0.176. The summed E-state index contributed by atoms with van der Waals surface area (Å²) in [5, 5.41) is 20.2. The van der Waals surface area contributed by atoms with Crippen molar-refractivity contribution in [3.63, 3.8) is 0 Å². The second kappa shape index (κ2) is 7.70. The van der Waals surface area contributed by atoms with Crippen LogP contribution in [0.25, 0.3) is 0 Å². The number of hydrogen-bond donors (Lipinski definition) is 1. The van der Waals surface area contributed by atoms with Gasteiger partial charge in [-0.15, -0.1) is 0 Å². The third-order valence-corrected chi connectivity index (χ3v) is 3.43.